The maximum Gasteiger partial charge on any atom is 0.0596 e. The van der Waals surface area contributed by atoms with Crippen molar-refractivity contribution in [2.75, 3.05) is 7.05 Å². The summed E-state index contributed by atoms with van der Waals surface area (Å²) in [6.07, 6.45) is 6.00. The molecule has 0 spiro atoms. The molecule has 0 aromatic rings. The van der Waals surface area contributed by atoms with Crippen molar-refractivity contribution in [2.24, 2.45) is 4.99 Å². The predicted octanol–water partition coefficient (Wildman–Crippen LogP) is 3.16. The first-order valence-electron chi connectivity index (χ1n) is 4.05. The van der Waals surface area contributed by atoms with Crippen molar-refractivity contribution in [1.29, 1.82) is 0 Å². The molecule has 0 radical (unpaired) electrons. The first-order valence-corrected chi connectivity index (χ1v) is 4.05. The van der Waals surface area contributed by atoms with Crippen molar-refractivity contribution in [1.82, 2.24) is 0 Å². The SMILES string of the molecule is C=C(C)/C=C\C(=NC)/C(C)=C\C. The van der Waals surface area contributed by atoms with E-state index in [1.54, 1.807) is 7.05 Å². The summed E-state index contributed by atoms with van der Waals surface area (Å²) < 4.78 is 0. The van der Waals surface area contributed by atoms with Gasteiger partial charge in [-0.2, -0.15) is 0 Å². The van der Waals surface area contributed by atoms with E-state index in [1.165, 1.54) is 5.57 Å². The Morgan fingerprint density at radius 3 is 2.17 bits per heavy atom. The van der Waals surface area contributed by atoms with Crippen molar-refractivity contribution in [2.45, 2.75) is 20.8 Å². The molecule has 0 aliphatic rings. The molecule has 0 aliphatic carbocycles. The Balaban J connectivity index is 4.52. The molecule has 12 heavy (non-hydrogen) atoms. The zero-order valence-corrected chi connectivity index (χ0v) is 8.39. The molecule has 66 valence electrons. The van der Waals surface area contributed by atoms with Crippen molar-refractivity contribution >= 4 is 5.71 Å². The van der Waals surface area contributed by atoms with E-state index in [0.717, 1.165) is 11.3 Å². The molecule has 0 saturated carbocycles. The van der Waals surface area contributed by atoms with E-state index in [9.17, 15) is 0 Å². The molecular weight excluding hydrogens is 146 g/mol. The van der Waals surface area contributed by atoms with Gasteiger partial charge in [-0.15, -0.1) is 0 Å². The third-order valence-electron chi connectivity index (χ3n) is 1.60. The average Bonchev–Trinajstić information content (AvgIpc) is 2.04. The smallest absolute Gasteiger partial charge is 0.0596 e. The van der Waals surface area contributed by atoms with Gasteiger partial charge in [-0.1, -0.05) is 24.3 Å². The van der Waals surface area contributed by atoms with Crippen LogP contribution in [0.15, 0.2) is 40.9 Å². The summed E-state index contributed by atoms with van der Waals surface area (Å²) in [7, 11) is 1.80. The van der Waals surface area contributed by atoms with Gasteiger partial charge in [0.25, 0.3) is 0 Å². The van der Waals surface area contributed by atoms with E-state index in [1.807, 2.05) is 39.0 Å². The number of allylic oxidation sites excluding steroid dienone is 5. The maximum atomic E-state index is 4.15. The largest absolute Gasteiger partial charge is 0.288 e. The maximum absolute atomic E-state index is 4.15. The van der Waals surface area contributed by atoms with Crippen LogP contribution in [0.2, 0.25) is 0 Å². The molecule has 0 saturated heterocycles. The highest BCUT2D eigenvalue weighted by Crippen LogP contribution is 2.00. The van der Waals surface area contributed by atoms with E-state index in [2.05, 4.69) is 11.6 Å². The molecule has 0 aromatic heterocycles. The summed E-state index contributed by atoms with van der Waals surface area (Å²) in [4.78, 5) is 4.15. The van der Waals surface area contributed by atoms with E-state index in [-0.39, 0.29) is 0 Å². The molecular formula is C11H17N. The van der Waals surface area contributed by atoms with Gasteiger partial charge in [-0.25, -0.2) is 0 Å². The van der Waals surface area contributed by atoms with Crippen molar-refractivity contribution < 1.29 is 0 Å². The Hall–Kier alpha value is -1.11. The summed E-state index contributed by atoms with van der Waals surface area (Å²) in [5.41, 5.74) is 3.25. The fourth-order valence-corrected chi connectivity index (χ4v) is 0.751. The van der Waals surface area contributed by atoms with E-state index < -0.39 is 0 Å². The molecule has 1 nitrogen and oxygen atoms in total. The minimum atomic E-state index is 1.01. The predicted molar refractivity (Wildman–Crippen MR) is 56.7 cm³/mol. The van der Waals surface area contributed by atoms with E-state index >= 15 is 0 Å². The lowest BCUT2D eigenvalue weighted by molar-refractivity contribution is 1.40. The highest BCUT2D eigenvalue weighted by Gasteiger charge is 1.93. The first kappa shape index (κ1) is 10.9. The van der Waals surface area contributed by atoms with E-state index in [4.69, 9.17) is 0 Å². The number of hydrogen-bond acceptors (Lipinski definition) is 1. The second kappa shape index (κ2) is 5.53. The van der Waals surface area contributed by atoms with Crippen LogP contribution in [0, 0.1) is 0 Å². The minimum Gasteiger partial charge on any atom is -0.288 e. The second-order valence-electron chi connectivity index (χ2n) is 2.76. The average molecular weight is 163 g/mol. The van der Waals surface area contributed by atoms with Crippen LogP contribution >= 0.6 is 0 Å². The number of hydrogen-bond donors (Lipinski definition) is 0. The molecule has 1 heteroatoms. The normalized spacial score (nSPS) is 14.0. The quantitative estimate of drug-likeness (QED) is 0.447. The Labute approximate surface area is 75.2 Å². The highest BCUT2D eigenvalue weighted by molar-refractivity contribution is 6.08. The number of rotatable bonds is 3. The van der Waals surface area contributed by atoms with Crippen LogP contribution in [0.25, 0.3) is 0 Å². The molecule has 0 bridgehead atoms. The van der Waals surface area contributed by atoms with Crippen LogP contribution in [0.4, 0.5) is 0 Å². The van der Waals surface area contributed by atoms with Gasteiger partial charge >= 0.3 is 0 Å². The fourth-order valence-electron chi connectivity index (χ4n) is 0.751. The third kappa shape index (κ3) is 3.91. The summed E-state index contributed by atoms with van der Waals surface area (Å²) in [6, 6.07) is 0. The first-order chi connectivity index (χ1) is 5.61. The summed E-state index contributed by atoms with van der Waals surface area (Å²) >= 11 is 0. The van der Waals surface area contributed by atoms with Crippen molar-refractivity contribution in [3.8, 4) is 0 Å². The molecule has 0 heterocycles. The zero-order chi connectivity index (χ0) is 9.56. The van der Waals surface area contributed by atoms with Crippen LogP contribution in [0.1, 0.15) is 20.8 Å². The molecule has 0 N–H and O–H groups in total. The van der Waals surface area contributed by atoms with Crippen molar-refractivity contribution in [3.63, 3.8) is 0 Å². The molecule has 0 fully saturated rings. The highest BCUT2D eigenvalue weighted by atomic mass is 14.7. The van der Waals surface area contributed by atoms with Crippen LogP contribution in [0.3, 0.4) is 0 Å². The molecule has 0 amide bonds. The van der Waals surface area contributed by atoms with Gasteiger partial charge in [0, 0.05) is 7.05 Å². The van der Waals surface area contributed by atoms with Crippen molar-refractivity contribution in [3.05, 3.63) is 36.0 Å². The molecule has 0 aromatic carbocycles. The lowest BCUT2D eigenvalue weighted by Crippen LogP contribution is -1.94. The summed E-state index contributed by atoms with van der Waals surface area (Å²) in [5, 5.41) is 0. The van der Waals surface area contributed by atoms with E-state index in [0.29, 0.717) is 0 Å². The Morgan fingerprint density at radius 2 is 1.83 bits per heavy atom. The summed E-state index contributed by atoms with van der Waals surface area (Å²) in [6.45, 7) is 9.81. The number of nitrogens with zero attached hydrogens (tertiary/aromatic N) is 1. The molecule has 0 unspecified atom stereocenters. The number of aliphatic imine (C=N–C) groups is 1. The second-order valence-corrected chi connectivity index (χ2v) is 2.76. The van der Waals surface area contributed by atoms with Gasteiger partial charge in [0.15, 0.2) is 0 Å². The zero-order valence-electron chi connectivity index (χ0n) is 8.39. The Kier molecular flexibility index (Phi) is 5.02. The van der Waals surface area contributed by atoms with Gasteiger partial charge in [0.1, 0.15) is 0 Å². The lowest BCUT2D eigenvalue weighted by Gasteiger charge is -1.98. The van der Waals surface area contributed by atoms with Gasteiger partial charge in [0.2, 0.25) is 0 Å². The van der Waals surface area contributed by atoms with Gasteiger partial charge in [-0.3, -0.25) is 4.99 Å². The van der Waals surface area contributed by atoms with Gasteiger partial charge in [0.05, 0.1) is 5.71 Å². The van der Waals surface area contributed by atoms with Crippen LogP contribution in [-0.4, -0.2) is 12.8 Å². The van der Waals surface area contributed by atoms with Crippen LogP contribution in [0.5, 0.6) is 0 Å². The topological polar surface area (TPSA) is 12.4 Å². The third-order valence-corrected chi connectivity index (χ3v) is 1.60. The molecule has 0 aliphatic heterocycles. The standard InChI is InChI=1S/C11H17N/c1-6-10(4)11(12-5)8-7-9(2)3/h6-8H,2H2,1,3-5H3/b8-7-,10-6-,12-11?. The van der Waals surface area contributed by atoms with Crippen LogP contribution in [-0.2, 0) is 0 Å². The lowest BCUT2D eigenvalue weighted by atomic mass is 10.1. The molecule has 0 rings (SSSR count). The molecule has 0 atom stereocenters. The fraction of sp³-hybridized carbons (Fsp3) is 0.364. The van der Waals surface area contributed by atoms with Gasteiger partial charge in [-0.05, 0) is 32.4 Å². The Bertz CT molecular complexity index is 242. The van der Waals surface area contributed by atoms with Gasteiger partial charge < -0.3 is 0 Å². The van der Waals surface area contributed by atoms with Crippen LogP contribution < -0.4 is 0 Å². The minimum absolute atomic E-state index is 1.01. The Morgan fingerprint density at radius 1 is 1.25 bits per heavy atom. The summed E-state index contributed by atoms with van der Waals surface area (Å²) in [5.74, 6) is 0. The monoisotopic (exact) mass is 163 g/mol.